The van der Waals surface area contributed by atoms with Crippen molar-refractivity contribution in [3.8, 4) is 0 Å². The standard InChI is InChI=1S/C9H11O4P.Ce/c10-9(11)6-7-14(12,13)8-4-2-1-3-5-8;/h1-5H,6-7H2,(H,10,11)(H,12,13);. The molecule has 1 unspecified atom stereocenters. The largest absolute Gasteiger partial charge is 0.481 e. The van der Waals surface area contributed by atoms with Crippen molar-refractivity contribution < 1.29 is 61.1 Å². The van der Waals surface area contributed by atoms with Gasteiger partial charge in [0.1, 0.15) is 0 Å². The molecule has 80 valence electrons. The summed E-state index contributed by atoms with van der Waals surface area (Å²) in [4.78, 5) is 19.8. The van der Waals surface area contributed by atoms with Crippen molar-refractivity contribution in [1.29, 1.82) is 0 Å². The molecular weight excluding hydrogens is 343 g/mol. The van der Waals surface area contributed by atoms with Crippen molar-refractivity contribution >= 4 is 18.6 Å². The Morgan fingerprint density at radius 1 is 1.27 bits per heavy atom. The van der Waals surface area contributed by atoms with Gasteiger partial charge in [0.05, 0.1) is 6.42 Å². The molecule has 0 aliphatic rings. The molecule has 1 rings (SSSR count). The summed E-state index contributed by atoms with van der Waals surface area (Å²) < 4.78 is 11.6. The van der Waals surface area contributed by atoms with E-state index in [9.17, 15) is 14.3 Å². The van der Waals surface area contributed by atoms with E-state index in [-0.39, 0.29) is 54.3 Å². The zero-order valence-corrected chi connectivity index (χ0v) is 12.0. The topological polar surface area (TPSA) is 74.6 Å². The summed E-state index contributed by atoms with van der Waals surface area (Å²) in [6, 6.07) is 8.10. The summed E-state index contributed by atoms with van der Waals surface area (Å²) in [5.41, 5.74) is 0. The third kappa shape index (κ3) is 5.22. The number of carbonyl (C=O) groups is 1. The molecule has 0 saturated carbocycles. The molecule has 0 heterocycles. The Bertz CT molecular complexity index is 366. The third-order valence-corrected chi connectivity index (χ3v) is 3.72. The Balaban J connectivity index is 0.00000196. The first kappa shape index (κ1) is 15.3. The van der Waals surface area contributed by atoms with E-state index in [1.165, 1.54) is 12.1 Å². The molecule has 0 aromatic heterocycles. The van der Waals surface area contributed by atoms with Gasteiger partial charge in [-0.15, -0.1) is 0 Å². The minimum atomic E-state index is -3.48. The van der Waals surface area contributed by atoms with Crippen LogP contribution in [-0.4, -0.2) is 22.1 Å². The Hall–Kier alpha value is 0.257. The van der Waals surface area contributed by atoms with Crippen molar-refractivity contribution in [3.63, 3.8) is 0 Å². The van der Waals surface area contributed by atoms with E-state index in [4.69, 9.17) is 5.11 Å². The van der Waals surface area contributed by atoms with Gasteiger partial charge in [-0.3, -0.25) is 9.36 Å². The Morgan fingerprint density at radius 2 is 1.80 bits per heavy atom. The van der Waals surface area contributed by atoms with E-state index in [0.717, 1.165) is 0 Å². The zero-order chi connectivity index (χ0) is 10.6. The summed E-state index contributed by atoms with van der Waals surface area (Å²) >= 11 is 0. The normalized spacial score (nSPS) is 13.7. The number of rotatable bonds is 4. The van der Waals surface area contributed by atoms with E-state index in [1.807, 2.05) is 0 Å². The van der Waals surface area contributed by atoms with Crippen LogP contribution in [0.2, 0.25) is 0 Å². The zero-order valence-electron chi connectivity index (χ0n) is 7.96. The minimum absolute atomic E-state index is 0. The van der Waals surface area contributed by atoms with Crippen LogP contribution in [-0.2, 0) is 9.36 Å². The number of carboxylic acids is 1. The predicted octanol–water partition coefficient (Wildman–Crippen LogP) is 1.06. The maximum Gasteiger partial charge on any atom is 0.303 e. The van der Waals surface area contributed by atoms with Crippen LogP contribution in [0.15, 0.2) is 30.3 Å². The van der Waals surface area contributed by atoms with Gasteiger partial charge >= 0.3 is 5.97 Å². The fourth-order valence-corrected chi connectivity index (χ4v) is 2.43. The van der Waals surface area contributed by atoms with Gasteiger partial charge in [0, 0.05) is 53.2 Å². The molecule has 6 heteroatoms. The van der Waals surface area contributed by atoms with Crippen LogP contribution in [0.25, 0.3) is 0 Å². The van der Waals surface area contributed by atoms with Crippen LogP contribution in [0.1, 0.15) is 6.42 Å². The van der Waals surface area contributed by atoms with Crippen LogP contribution >= 0.6 is 7.37 Å². The number of carboxylic acid groups (broad SMARTS) is 1. The molecular formula is C9H11CeO4P. The van der Waals surface area contributed by atoms with Crippen molar-refractivity contribution in [2.75, 3.05) is 6.16 Å². The van der Waals surface area contributed by atoms with E-state index in [2.05, 4.69) is 0 Å². The quantitative estimate of drug-likeness (QED) is 0.793. The molecule has 0 spiro atoms. The fraction of sp³-hybridized carbons (Fsp3) is 0.222. The molecule has 0 amide bonds. The average Bonchev–Trinajstić information content (AvgIpc) is 2.16. The number of hydrogen-bond donors (Lipinski definition) is 2. The van der Waals surface area contributed by atoms with Crippen molar-refractivity contribution in [3.05, 3.63) is 30.3 Å². The van der Waals surface area contributed by atoms with Gasteiger partial charge in [-0.05, 0) is 12.1 Å². The summed E-state index contributed by atoms with van der Waals surface area (Å²) in [6.45, 7) is 0. The first-order valence-corrected chi connectivity index (χ1v) is 5.96. The Kier molecular flexibility index (Phi) is 6.87. The predicted molar refractivity (Wildman–Crippen MR) is 53.0 cm³/mol. The summed E-state index contributed by atoms with van der Waals surface area (Å²) in [5, 5.41) is 8.70. The van der Waals surface area contributed by atoms with Gasteiger partial charge in [0.2, 0.25) is 7.37 Å². The minimum Gasteiger partial charge on any atom is -0.481 e. The molecule has 0 bridgehead atoms. The molecule has 1 aromatic rings. The number of benzene rings is 1. The molecule has 2 N–H and O–H groups in total. The first-order chi connectivity index (χ1) is 6.52. The maximum absolute atomic E-state index is 11.6. The second kappa shape index (κ2) is 6.76. The van der Waals surface area contributed by atoms with Gasteiger partial charge in [-0.25, -0.2) is 0 Å². The molecule has 0 fully saturated rings. The molecule has 1 atom stereocenters. The summed E-state index contributed by atoms with van der Waals surface area (Å²) in [6.07, 6.45) is -0.505. The first-order valence-electron chi connectivity index (χ1n) is 4.11. The summed E-state index contributed by atoms with van der Waals surface area (Å²) in [5.74, 6) is -1.06. The van der Waals surface area contributed by atoms with Gasteiger partial charge in [-0.1, -0.05) is 18.2 Å². The van der Waals surface area contributed by atoms with Gasteiger partial charge < -0.3 is 10.00 Å². The molecule has 0 aliphatic carbocycles. The average molecular weight is 354 g/mol. The molecule has 4 nitrogen and oxygen atoms in total. The molecule has 15 heavy (non-hydrogen) atoms. The van der Waals surface area contributed by atoms with Gasteiger partial charge in [0.15, 0.2) is 0 Å². The second-order valence-corrected chi connectivity index (χ2v) is 5.27. The van der Waals surface area contributed by atoms with E-state index < -0.39 is 13.3 Å². The maximum atomic E-state index is 11.6. The molecule has 0 radical (unpaired) electrons. The van der Waals surface area contributed by atoms with Crippen LogP contribution in [0, 0.1) is 41.7 Å². The number of hydrogen-bond acceptors (Lipinski definition) is 2. The van der Waals surface area contributed by atoms with E-state index >= 15 is 0 Å². The summed E-state index contributed by atoms with van der Waals surface area (Å²) in [7, 11) is -3.48. The Morgan fingerprint density at radius 3 is 2.27 bits per heavy atom. The molecule has 0 aliphatic heterocycles. The third-order valence-electron chi connectivity index (χ3n) is 1.79. The Labute approximate surface area is 122 Å². The van der Waals surface area contributed by atoms with Crippen LogP contribution < -0.4 is 5.30 Å². The van der Waals surface area contributed by atoms with Gasteiger partial charge in [-0.2, -0.15) is 0 Å². The molecule has 0 saturated heterocycles. The second-order valence-electron chi connectivity index (χ2n) is 2.90. The SMILES string of the molecule is O=C(O)CCP(=O)(O)c1ccccc1.[Ce]. The smallest absolute Gasteiger partial charge is 0.303 e. The van der Waals surface area contributed by atoms with Crippen molar-refractivity contribution in [2.45, 2.75) is 6.42 Å². The number of aliphatic carboxylic acids is 1. The fourth-order valence-electron chi connectivity index (χ4n) is 1.04. The molecule has 1 aromatic carbocycles. The van der Waals surface area contributed by atoms with Crippen LogP contribution in [0.4, 0.5) is 0 Å². The van der Waals surface area contributed by atoms with Crippen molar-refractivity contribution in [1.82, 2.24) is 0 Å². The van der Waals surface area contributed by atoms with Crippen molar-refractivity contribution in [2.24, 2.45) is 0 Å². The van der Waals surface area contributed by atoms with E-state index in [1.54, 1.807) is 18.2 Å². The monoisotopic (exact) mass is 354 g/mol. The van der Waals surface area contributed by atoms with Crippen LogP contribution in [0.5, 0.6) is 0 Å². The van der Waals surface area contributed by atoms with E-state index in [0.29, 0.717) is 5.30 Å². The van der Waals surface area contributed by atoms with Gasteiger partial charge in [0.25, 0.3) is 0 Å². The van der Waals surface area contributed by atoms with Crippen LogP contribution in [0.3, 0.4) is 0 Å².